The molecule has 2 rings (SSSR count). The Morgan fingerprint density at radius 2 is 1.93 bits per heavy atom. The molecular weight excluding hydrogens is 192 g/mol. The first kappa shape index (κ1) is 10.1. The minimum atomic E-state index is -1.61. The molecule has 0 radical (unpaired) electrons. The average Bonchev–Trinajstić information content (AvgIpc) is 2.58. The summed E-state index contributed by atoms with van der Waals surface area (Å²) in [5, 5.41) is 18.7. The number of carbonyl (C=O) groups is 1. The monoisotopic (exact) mass is 204 g/mol. The first-order valence-electron chi connectivity index (χ1n) is 4.79. The lowest BCUT2D eigenvalue weighted by atomic mass is 9.97. The zero-order chi connectivity index (χ0) is 10.9. The van der Waals surface area contributed by atoms with Gasteiger partial charge in [-0.2, -0.15) is 0 Å². The van der Waals surface area contributed by atoms with Gasteiger partial charge in [0.05, 0.1) is 6.61 Å². The molecule has 0 aromatic heterocycles. The van der Waals surface area contributed by atoms with Crippen LogP contribution >= 0.6 is 0 Å². The molecule has 1 atom stereocenters. The van der Waals surface area contributed by atoms with Gasteiger partial charge in [-0.25, -0.2) is 0 Å². The number of rotatable bonds is 2. The number of hydrogen-bond acceptors (Lipinski definition) is 3. The number of aliphatic hydroxyl groups excluding tert-OH is 1. The lowest BCUT2D eigenvalue weighted by Crippen LogP contribution is -2.38. The number of carbonyl (C=O) groups excluding carboxylic acids is 1. The van der Waals surface area contributed by atoms with Crippen LogP contribution in [-0.4, -0.2) is 28.2 Å². The summed E-state index contributed by atoms with van der Waals surface area (Å²) in [6.07, 6.45) is 1.60. The Balaban J connectivity index is 2.30. The standard InChI is InChI=1S/C12H12O3/c13-8-12(15)7-10(6-11(12)14)9-4-2-1-3-5-9/h1-6,13,15H,7-8H2/t12-/m0/s1. The molecule has 1 aromatic rings. The first-order valence-corrected chi connectivity index (χ1v) is 4.79. The van der Waals surface area contributed by atoms with E-state index in [9.17, 15) is 9.90 Å². The van der Waals surface area contributed by atoms with E-state index in [1.54, 1.807) is 0 Å². The van der Waals surface area contributed by atoms with Crippen LogP contribution in [0.4, 0.5) is 0 Å². The van der Waals surface area contributed by atoms with Crippen LogP contribution in [0.2, 0.25) is 0 Å². The molecule has 0 unspecified atom stereocenters. The van der Waals surface area contributed by atoms with Gasteiger partial charge in [-0.3, -0.25) is 4.79 Å². The fourth-order valence-corrected chi connectivity index (χ4v) is 1.72. The Labute approximate surface area is 87.7 Å². The SMILES string of the molecule is O=C1C=C(c2ccccc2)C[C@]1(O)CO. The van der Waals surface area contributed by atoms with Gasteiger partial charge in [0.15, 0.2) is 11.4 Å². The summed E-state index contributed by atoms with van der Waals surface area (Å²) in [6, 6.07) is 9.39. The fourth-order valence-electron chi connectivity index (χ4n) is 1.72. The van der Waals surface area contributed by atoms with Crippen molar-refractivity contribution in [1.82, 2.24) is 0 Å². The van der Waals surface area contributed by atoms with Crippen LogP contribution in [0.5, 0.6) is 0 Å². The van der Waals surface area contributed by atoms with Gasteiger partial charge in [0.1, 0.15) is 0 Å². The van der Waals surface area contributed by atoms with E-state index in [1.165, 1.54) is 6.08 Å². The zero-order valence-electron chi connectivity index (χ0n) is 8.18. The largest absolute Gasteiger partial charge is 0.393 e. The van der Waals surface area contributed by atoms with E-state index in [2.05, 4.69) is 0 Å². The van der Waals surface area contributed by atoms with Crippen molar-refractivity contribution >= 4 is 11.4 Å². The van der Waals surface area contributed by atoms with E-state index >= 15 is 0 Å². The topological polar surface area (TPSA) is 57.5 Å². The quantitative estimate of drug-likeness (QED) is 0.748. The molecule has 1 aliphatic carbocycles. The van der Waals surface area contributed by atoms with Crippen LogP contribution in [0.3, 0.4) is 0 Å². The second kappa shape index (κ2) is 3.61. The molecule has 0 spiro atoms. The van der Waals surface area contributed by atoms with Crippen molar-refractivity contribution in [1.29, 1.82) is 0 Å². The summed E-state index contributed by atoms with van der Waals surface area (Å²) in [5.41, 5.74) is 0.0814. The Morgan fingerprint density at radius 3 is 2.47 bits per heavy atom. The molecule has 3 heteroatoms. The molecule has 78 valence electrons. The number of hydrogen-bond donors (Lipinski definition) is 2. The van der Waals surface area contributed by atoms with E-state index in [0.717, 1.165) is 11.1 Å². The molecule has 0 heterocycles. The fraction of sp³-hybridized carbons (Fsp3) is 0.250. The van der Waals surface area contributed by atoms with Gasteiger partial charge >= 0.3 is 0 Å². The van der Waals surface area contributed by atoms with Crippen molar-refractivity contribution in [3.63, 3.8) is 0 Å². The molecule has 2 N–H and O–H groups in total. The summed E-state index contributed by atoms with van der Waals surface area (Å²) < 4.78 is 0. The van der Waals surface area contributed by atoms with Gasteiger partial charge in [0, 0.05) is 6.42 Å². The lowest BCUT2D eigenvalue weighted by Gasteiger charge is -2.17. The lowest BCUT2D eigenvalue weighted by molar-refractivity contribution is -0.134. The van der Waals surface area contributed by atoms with Gasteiger partial charge in [-0.15, -0.1) is 0 Å². The van der Waals surface area contributed by atoms with Crippen molar-refractivity contribution in [3.05, 3.63) is 42.0 Å². The van der Waals surface area contributed by atoms with E-state index < -0.39 is 18.0 Å². The van der Waals surface area contributed by atoms with Crippen molar-refractivity contribution < 1.29 is 15.0 Å². The third-order valence-corrected chi connectivity index (χ3v) is 2.65. The van der Waals surface area contributed by atoms with Crippen LogP contribution < -0.4 is 0 Å². The maximum atomic E-state index is 11.4. The normalized spacial score (nSPS) is 25.5. The number of aliphatic hydroxyl groups is 2. The van der Waals surface area contributed by atoms with Crippen LogP contribution in [0.15, 0.2) is 36.4 Å². The Kier molecular flexibility index (Phi) is 2.42. The highest BCUT2D eigenvalue weighted by Gasteiger charge is 2.39. The predicted octanol–water partition coefficient (Wildman–Crippen LogP) is 0.766. The van der Waals surface area contributed by atoms with Crippen LogP contribution in [0.1, 0.15) is 12.0 Å². The summed E-state index contributed by atoms with van der Waals surface area (Å²) in [6.45, 7) is -0.529. The minimum Gasteiger partial charge on any atom is -0.393 e. The third kappa shape index (κ3) is 1.71. The zero-order valence-corrected chi connectivity index (χ0v) is 8.18. The van der Waals surface area contributed by atoms with Gasteiger partial charge in [0.25, 0.3) is 0 Å². The molecule has 0 amide bonds. The molecule has 0 fully saturated rings. The van der Waals surface area contributed by atoms with Crippen molar-refractivity contribution in [2.24, 2.45) is 0 Å². The van der Waals surface area contributed by atoms with E-state index in [4.69, 9.17) is 5.11 Å². The van der Waals surface area contributed by atoms with Crippen LogP contribution in [0.25, 0.3) is 5.57 Å². The molecule has 15 heavy (non-hydrogen) atoms. The average molecular weight is 204 g/mol. The second-order valence-corrected chi connectivity index (χ2v) is 3.77. The number of ketones is 1. The van der Waals surface area contributed by atoms with Crippen molar-refractivity contribution in [2.75, 3.05) is 6.61 Å². The molecule has 3 nitrogen and oxygen atoms in total. The smallest absolute Gasteiger partial charge is 0.190 e. The Bertz CT molecular complexity index is 408. The van der Waals surface area contributed by atoms with Gasteiger partial charge in [0.2, 0.25) is 0 Å². The summed E-state index contributed by atoms with van der Waals surface area (Å²) in [4.78, 5) is 11.4. The molecule has 1 aromatic carbocycles. The number of benzene rings is 1. The highest BCUT2D eigenvalue weighted by atomic mass is 16.3. The minimum absolute atomic E-state index is 0.187. The molecule has 0 saturated carbocycles. The molecular formula is C12H12O3. The molecule has 0 aliphatic heterocycles. The second-order valence-electron chi connectivity index (χ2n) is 3.77. The summed E-state index contributed by atoms with van der Waals surface area (Å²) in [7, 11) is 0. The molecule has 1 aliphatic rings. The van der Waals surface area contributed by atoms with Gasteiger partial charge < -0.3 is 10.2 Å². The highest BCUT2D eigenvalue weighted by Crippen LogP contribution is 2.32. The predicted molar refractivity (Wildman–Crippen MR) is 56.1 cm³/mol. The summed E-state index contributed by atoms with van der Waals surface area (Å²) in [5.74, 6) is -0.413. The Hall–Kier alpha value is -1.45. The first-order chi connectivity index (χ1) is 7.15. The van der Waals surface area contributed by atoms with E-state index in [0.29, 0.717) is 0 Å². The van der Waals surface area contributed by atoms with Crippen LogP contribution in [-0.2, 0) is 4.79 Å². The third-order valence-electron chi connectivity index (χ3n) is 2.65. The molecule has 0 bridgehead atoms. The summed E-state index contributed by atoms with van der Waals surface area (Å²) >= 11 is 0. The van der Waals surface area contributed by atoms with Crippen molar-refractivity contribution in [2.45, 2.75) is 12.0 Å². The highest BCUT2D eigenvalue weighted by molar-refractivity contribution is 6.07. The molecule has 0 saturated heterocycles. The van der Waals surface area contributed by atoms with Gasteiger partial charge in [-0.05, 0) is 17.2 Å². The maximum absolute atomic E-state index is 11.4. The Morgan fingerprint density at radius 1 is 1.27 bits per heavy atom. The van der Waals surface area contributed by atoms with Gasteiger partial charge in [-0.1, -0.05) is 30.3 Å². The van der Waals surface area contributed by atoms with Crippen molar-refractivity contribution in [3.8, 4) is 0 Å². The van der Waals surface area contributed by atoms with E-state index in [-0.39, 0.29) is 6.42 Å². The maximum Gasteiger partial charge on any atom is 0.190 e. The van der Waals surface area contributed by atoms with E-state index in [1.807, 2.05) is 30.3 Å². The van der Waals surface area contributed by atoms with Crippen LogP contribution in [0, 0.1) is 0 Å².